The van der Waals surface area contributed by atoms with Crippen LogP contribution in [0.2, 0.25) is 0 Å². The molecule has 0 aromatic heterocycles. The fraction of sp³-hybridized carbons (Fsp3) is 0.500. The van der Waals surface area contributed by atoms with Crippen molar-refractivity contribution >= 4 is 26.0 Å². The van der Waals surface area contributed by atoms with Crippen LogP contribution >= 0.6 is 20.1 Å². The van der Waals surface area contributed by atoms with Gasteiger partial charge in [0.15, 0.2) is 8.46 Å². The molecule has 0 saturated carbocycles. The molecule has 40 valence electrons. The van der Waals surface area contributed by atoms with Crippen LogP contribution in [0.15, 0.2) is 0 Å². The van der Waals surface area contributed by atoms with Crippen molar-refractivity contribution in [2.45, 2.75) is 5.12 Å². The Hall–Kier alpha value is -0.140. The quantitative estimate of drug-likeness (QED) is 0.459. The Morgan fingerprint density at radius 2 is 2.29 bits per heavy atom. The highest BCUT2D eigenvalue weighted by atomic mass is 35.5. The average Bonchev–Trinajstić information content (AvgIpc) is 1.65. The van der Waals surface area contributed by atoms with Gasteiger partial charge in [0.25, 0.3) is 0 Å². The smallest absolute Gasteiger partial charge is 0.333 e. The fourth-order valence-corrected chi connectivity index (χ4v) is 0.135. The monoisotopic (exact) mass is 140 g/mol. The number of rotatable bonds is 2. The van der Waals surface area contributed by atoms with Crippen molar-refractivity contribution in [3.05, 3.63) is 0 Å². The molecule has 3 nitrogen and oxygen atoms in total. The second-order valence-electron chi connectivity index (χ2n) is 0.779. The zero-order valence-corrected chi connectivity index (χ0v) is 4.82. The lowest BCUT2D eigenvalue weighted by atomic mass is 10.8. The van der Waals surface area contributed by atoms with Crippen molar-refractivity contribution in [3.63, 3.8) is 0 Å². The molecule has 0 amide bonds. The SMILES string of the molecule is O=PC(Cl)C(=O)O. The molecule has 0 aliphatic carbocycles. The highest BCUT2D eigenvalue weighted by molar-refractivity contribution is 7.29. The van der Waals surface area contributed by atoms with Gasteiger partial charge in [0, 0.05) is 0 Å². The third-order valence-corrected chi connectivity index (χ3v) is 1.13. The first-order valence-corrected chi connectivity index (χ1v) is 2.69. The molecule has 0 aliphatic rings. The lowest BCUT2D eigenvalue weighted by Crippen LogP contribution is -2.04. The highest BCUT2D eigenvalue weighted by Crippen LogP contribution is 2.09. The molecule has 0 aliphatic heterocycles. The van der Waals surface area contributed by atoms with Gasteiger partial charge in [-0.25, -0.2) is 4.79 Å². The maximum Gasteiger partial charge on any atom is 0.333 e. The predicted molar refractivity (Wildman–Crippen MR) is 24.9 cm³/mol. The summed E-state index contributed by atoms with van der Waals surface area (Å²) in [6, 6.07) is 0. The molecule has 0 aromatic carbocycles. The zero-order chi connectivity index (χ0) is 5.86. The number of carbonyl (C=O) groups is 1. The molecule has 1 atom stereocenters. The van der Waals surface area contributed by atoms with Crippen LogP contribution in [-0.2, 0) is 9.36 Å². The molecule has 1 unspecified atom stereocenters. The van der Waals surface area contributed by atoms with E-state index in [0.29, 0.717) is 0 Å². The topological polar surface area (TPSA) is 54.4 Å². The second-order valence-corrected chi connectivity index (χ2v) is 2.25. The molecular weight excluding hydrogens is 138 g/mol. The number of carboxylic acid groups (broad SMARTS) is 1. The standard InChI is InChI=1S/C2H2ClO3P/c3-1(7-6)2(4)5/h1H,(H,4,5). The van der Waals surface area contributed by atoms with Gasteiger partial charge in [-0.3, -0.25) is 4.57 Å². The maximum atomic E-state index is 9.59. The average molecular weight is 140 g/mol. The summed E-state index contributed by atoms with van der Waals surface area (Å²) < 4.78 is 9.53. The van der Waals surface area contributed by atoms with Crippen molar-refractivity contribution in [2.24, 2.45) is 0 Å². The summed E-state index contributed by atoms with van der Waals surface area (Å²) in [5.74, 6) is -1.27. The number of carboxylic acids is 1. The minimum absolute atomic E-state index is 0.562. The third kappa shape index (κ3) is 2.54. The molecule has 0 radical (unpaired) electrons. The molecule has 1 N–H and O–H groups in total. The Labute approximate surface area is 46.5 Å². The van der Waals surface area contributed by atoms with E-state index in [0.717, 1.165) is 0 Å². The van der Waals surface area contributed by atoms with Gasteiger partial charge < -0.3 is 5.11 Å². The predicted octanol–water partition coefficient (Wildman–Crippen LogP) is 0.928. The van der Waals surface area contributed by atoms with Crippen LogP contribution in [0.3, 0.4) is 0 Å². The highest BCUT2D eigenvalue weighted by Gasteiger charge is 2.11. The first-order valence-electron chi connectivity index (χ1n) is 1.38. The van der Waals surface area contributed by atoms with Gasteiger partial charge in [0.1, 0.15) is 0 Å². The molecule has 0 bridgehead atoms. The minimum atomic E-state index is -1.29. The zero-order valence-electron chi connectivity index (χ0n) is 3.17. The van der Waals surface area contributed by atoms with Gasteiger partial charge in [-0.2, -0.15) is 0 Å². The Kier molecular flexibility index (Phi) is 2.88. The molecule has 7 heavy (non-hydrogen) atoms. The van der Waals surface area contributed by atoms with E-state index in [1.54, 1.807) is 0 Å². The summed E-state index contributed by atoms with van der Waals surface area (Å²) in [5, 5.41) is 6.55. The van der Waals surface area contributed by atoms with E-state index in [2.05, 4.69) is 0 Å². The molecule has 0 aromatic rings. The van der Waals surface area contributed by atoms with E-state index < -0.39 is 19.5 Å². The maximum absolute atomic E-state index is 9.59. The Balaban J connectivity index is 3.55. The lowest BCUT2D eigenvalue weighted by molar-refractivity contribution is -0.134. The van der Waals surface area contributed by atoms with E-state index in [1.165, 1.54) is 0 Å². The van der Waals surface area contributed by atoms with E-state index >= 15 is 0 Å². The molecule has 0 heterocycles. The van der Waals surface area contributed by atoms with Gasteiger partial charge >= 0.3 is 5.97 Å². The summed E-state index contributed by atoms with van der Waals surface area (Å²) in [7, 11) is -0.562. The summed E-state index contributed by atoms with van der Waals surface area (Å²) in [6.07, 6.45) is 0. The number of aliphatic carboxylic acids is 1. The Morgan fingerprint density at radius 1 is 1.86 bits per heavy atom. The number of alkyl halides is 1. The molecule has 5 heteroatoms. The van der Waals surface area contributed by atoms with Gasteiger partial charge in [0.05, 0.1) is 0 Å². The van der Waals surface area contributed by atoms with Crippen LogP contribution in [-0.4, -0.2) is 16.2 Å². The van der Waals surface area contributed by atoms with Crippen LogP contribution in [0, 0.1) is 0 Å². The Morgan fingerprint density at radius 3 is 2.29 bits per heavy atom. The first-order chi connectivity index (χ1) is 3.18. The van der Waals surface area contributed by atoms with Crippen LogP contribution < -0.4 is 0 Å². The van der Waals surface area contributed by atoms with E-state index in [9.17, 15) is 9.36 Å². The second kappa shape index (κ2) is 2.94. The first kappa shape index (κ1) is 6.86. The molecule has 0 rings (SSSR count). The lowest BCUT2D eigenvalue weighted by Gasteiger charge is -1.84. The number of hydrogen-bond donors (Lipinski definition) is 1. The summed E-state index contributed by atoms with van der Waals surface area (Å²) in [4.78, 5) is 9.59. The fourth-order valence-electron chi connectivity index (χ4n) is 0.0451. The van der Waals surface area contributed by atoms with Crippen LogP contribution in [0.25, 0.3) is 0 Å². The van der Waals surface area contributed by atoms with Gasteiger partial charge in [-0.1, -0.05) is 11.6 Å². The number of hydrogen-bond acceptors (Lipinski definition) is 2. The van der Waals surface area contributed by atoms with E-state index in [4.69, 9.17) is 16.7 Å². The van der Waals surface area contributed by atoms with E-state index in [1.807, 2.05) is 0 Å². The van der Waals surface area contributed by atoms with Crippen molar-refractivity contribution in [1.29, 1.82) is 0 Å². The summed E-state index contributed by atoms with van der Waals surface area (Å²) in [6.45, 7) is 0. The largest absolute Gasteiger partial charge is 0.480 e. The van der Waals surface area contributed by atoms with Crippen molar-refractivity contribution in [3.8, 4) is 0 Å². The van der Waals surface area contributed by atoms with Crippen molar-refractivity contribution < 1.29 is 14.5 Å². The van der Waals surface area contributed by atoms with Crippen LogP contribution in [0.1, 0.15) is 0 Å². The van der Waals surface area contributed by atoms with E-state index in [-0.39, 0.29) is 0 Å². The summed E-state index contributed by atoms with van der Waals surface area (Å²) in [5.41, 5.74) is 0. The molecule has 0 spiro atoms. The summed E-state index contributed by atoms with van der Waals surface area (Å²) >= 11 is 4.88. The van der Waals surface area contributed by atoms with Crippen LogP contribution in [0.5, 0.6) is 0 Å². The van der Waals surface area contributed by atoms with Crippen molar-refractivity contribution in [2.75, 3.05) is 0 Å². The van der Waals surface area contributed by atoms with Gasteiger partial charge in [0.2, 0.25) is 5.12 Å². The van der Waals surface area contributed by atoms with Crippen LogP contribution in [0.4, 0.5) is 0 Å². The number of halogens is 1. The molecular formula is C2H2ClO3P. The minimum Gasteiger partial charge on any atom is -0.480 e. The normalized spacial score (nSPS) is 13.9. The molecule has 0 saturated heterocycles. The Bertz CT molecular complexity index is 92.9. The molecule has 0 fully saturated rings. The third-order valence-electron chi connectivity index (χ3n) is 0.296. The van der Waals surface area contributed by atoms with Gasteiger partial charge in [-0.05, 0) is 0 Å². The van der Waals surface area contributed by atoms with Crippen molar-refractivity contribution in [1.82, 2.24) is 0 Å². The van der Waals surface area contributed by atoms with Gasteiger partial charge in [-0.15, -0.1) is 0 Å².